The number of nitrogens with one attached hydrogen (secondary N) is 1. The zero-order valence-corrected chi connectivity index (χ0v) is 12.9. The number of thioether (sulfide) groups is 1. The predicted octanol–water partition coefficient (Wildman–Crippen LogP) is 2.17. The van der Waals surface area contributed by atoms with Crippen LogP contribution < -0.4 is 5.32 Å². The number of alkyl halides is 3. The summed E-state index contributed by atoms with van der Waals surface area (Å²) < 4.78 is 44.2. The van der Waals surface area contributed by atoms with Gasteiger partial charge >= 0.3 is 12.2 Å². The average Bonchev–Trinajstić information content (AvgIpc) is 3.10. The zero-order chi connectivity index (χ0) is 17.3. The Bertz CT molecular complexity index is 890. The Kier molecular flexibility index (Phi) is 4.13. The zero-order valence-electron chi connectivity index (χ0n) is 12.0. The molecule has 0 spiro atoms. The largest absolute Gasteiger partial charge is 0.417 e. The van der Waals surface area contributed by atoms with Crippen LogP contribution in [0.3, 0.4) is 0 Å². The summed E-state index contributed by atoms with van der Waals surface area (Å²) in [5.74, 6) is -0.216. The van der Waals surface area contributed by atoms with Gasteiger partial charge in [0, 0.05) is 6.20 Å². The van der Waals surface area contributed by atoms with Gasteiger partial charge in [0.1, 0.15) is 0 Å². The minimum absolute atomic E-state index is 0.0523. The van der Waals surface area contributed by atoms with E-state index in [0.29, 0.717) is 5.82 Å². The van der Waals surface area contributed by atoms with Gasteiger partial charge in [-0.15, -0.1) is 10.2 Å². The van der Waals surface area contributed by atoms with E-state index in [-0.39, 0.29) is 22.6 Å². The molecule has 0 atom stereocenters. The number of carbonyl (C=O) groups is 1. The van der Waals surface area contributed by atoms with Gasteiger partial charge in [0.25, 0.3) is 0 Å². The number of hydrogen-bond donors (Lipinski definition) is 1. The molecule has 1 amide bonds. The molecular formula is C12H9F3N6O2S. The van der Waals surface area contributed by atoms with Crippen LogP contribution in [0.15, 0.2) is 28.0 Å². The highest BCUT2D eigenvalue weighted by Gasteiger charge is 2.31. The lowest BCUT2D eigenvalue weighted by Gasteiger charge is -2.07. The van der Waals surface area contributed by atoms with Gasteiger partial charge in [-0.25, -0.2) is 0 Å². The molecule has 3 aromatic heterocycles. The SMILES string of the molecule is Cc1noc(NC(=O)CSc2nnc3ccc(C(F)(F)F)cn23)n1. The Labute approximate surface area is 136 Å². The Morgan fingerprint density at radius 3 is 2.83 bits per heavy atom. The van der Waals surface area contributed by atoms with Gasteiger partial charge in [0.05, 0.1) is 11.3 Å². The van der Waals surface area contributed by atoms with Crippen LogP contribution in [0.5, 0.6) is 0 Å². The molecule has 0 saturated heterocycles. The molecular weight excluding hydrogens is 349 g/mol. The summed E-state index contributed by atoms with van der Waals surface area (Å²) >= 11 is 0.930. The molecule has 0 saturated carbocycles. The molecule has 1 N–H and O–H groups in total. The lowest BCUT2D eigenvalue weighted by molar-refractivity contribution is -0.137. The van der Waals surface area contributed by atoms with Crippen molar-refractivity contribution in [2.75, 3.05) is 11.1 Å². The predicted molar refractivity (Wildman–Crippen MR) is 76.4 cm³/mol. The van der Waals surface area contributed by atoms with Crippen molar-refractivity contribution in [2.45, 2.75) is 18.3 Å². The standard InChI is InChI=1S/C12H9F3N6O2S/c1-6-16-10(23-20-6)17-9(22)5-24-11-19-18-8-3-2-7(4-21(8)11)12(13,14)15/h2-4H,5H2,1H3,(H,16,17,20,22). The number of carbonyl (C=O) groups excluding carboxylic acids is 1. The number of aromatic nitrogens is 5. The maximum absolute atomic E-state index is 12.8. The first-order valence-corrected chi connectivity index (χ1v) is 7.46. The van der Waals surface area contributed by atoms with Crippen molar-refractivity contribution in [3.05, 3.63) is 29.7 Å². The molecule has 0 fully saturated rings. The average molecular weight is 358 g/mol. The fourth-order valence-corrected chi connectivity index (χ4v) is 2.49. The number of fused-ring (bicyclic) bond motifs is 1. The van der Waals surface area contributed by atoms with Crippen molar-refractivity contribution in [1.82, 2.24) is 24.7 Å². The van der Waals surface area contributed by atoms with Crippen molar-refractivity contribution >= 4 is 29.3 Å². The molecule has 126 valence electrons. The van der Waals surface area contributed by atoms with Crippen LogP contribution >= 0.6 is 11.8 Å². The van der Waals surface area contributed by atoms with Gasteiger partial charge in [-0.3, -0.25) is 14.5 Å². The molecule has 0 bridgehead atoms. The first-order valence-electron chi connectivity index (χ1n) is 6.48. The summed E-state index contributed by atoms with van der Waals surface area (Å²) in [4.78, 5) is 15.6. The van der Waals surface area contributed by atoms with E-state index in [1.54, 1.807) is 6.92 Å². The third-order valence-corrected chi connectivity index (χ3v) is 3.75. The number of pyridine rings is 1. The van der Waals surface area contributed by atoms with Crippen LogP contribution in [0.4, 0.5) is 19.2 Å². The van der Waals surface area contributed by atoms with Gasteiger partial charge in [-0.2, -0.15) is 18.2 Å². The number of aryl methyl sites for hydroxylation is 1. The summed E-state index contributed by atoms with van der Waals surface area (Å²) in [6.45, 7) is 1.59. The Balaban J connectivity index is 1.71. The Morgan fingerprint density at radius 2 is 2.17 bits per heavy atom. The highest BCUT2D eigenvalue weighted by molar-refractivity contribution is 7.99. The van der Waals surface area contributed by atoms with E-state index in [9.17, 15) is 18.0 Å². The van der Waals surface area contributed by atoms with E-state index in [1.807, 2.05) is 0 Å². The first kappa shape index (κ1) is 16.2. The third-order valence-electron chi connectivity index (χ3n) is 2.80. The van der Waals surface area contributed by atoms with Crippen LogP contribution in [0.1, 0.15) is 11.4 Å². The summed E-state index contributed by atoms with van der Waals surface area (Å²) in [6, 6.07) is 2.08. The quantitative estimate of drug-likeness (QED) is 0.714. The number of anilines is 1. The van der Waals surface area contributed by atoms with Crippen molar-refractivity contribution in [1.29, 1.82) is 0 Å². The molecule has 0 aliphatic carbocycles. The van der Waals surface area contributed by atoms with E-state index < -0.39 is 17.6 Å². The number of hydrogen-bond acceptors (Lipinski definition) is 7. The monoisotopic (exact) mass is 358 g/mol. The molecule has 0 radical (unpaired) electrons. The molecule has 12 heteroatoms. The summed E-state index contributed by atoms with van der Waals surface area (Å²) in [7, 11) is 0. The van der Waals surface area contributed by atoms with E-state index in [4.69, 9.17) is 4.52 Å². The Morgan fingerprint density at radius 1 is 1.38 bits per heavy atom. The highest BCUT2D eigenvalue weighted by atomic mass is 32.2. The van der Waals surface area contributed by atoms with Crippen molar-refractivity contribution in [2.24, 2.45) is 0 Å². The molecule has 0 aliphatic heterocycles. The molecule has 24 heavy (non-hydrogen) atoms. The van der Waals surface area contributed by atoms with Crippen LogP contribution in [-0.2, 0) is 11.0 Å². The Hall–Kier alpha value is -2.63. The van der Waals surface area contributed by atoms with Gasteiger partial charge in [0.2, 0.25) is 5.91 Å². The lowest BCUT2D eigenvalue weighted by Crippen LogP contribution is -2.14. The number of halogens is 3. The molecule has 3 aromatic rings. The van der Waals surface area contributed by atoms with Crippen molar-refractivity contribution < 1.29 is 22.5 Å². The van der Waals surface area contributed by atoms with Crippen molar-refractivity contribution in [3.63, 3.8) is 0 Å². The first-order chi connectivity index (χ1) is 11.3. The van der Waals surface area contributed by atoms with Crippen LogP contribution in [-0.4, -0.2) is 36.4 Å². The van der Waals surface area contributed by atoms with Gasteiger partial charge < -0.3 is 4.52 Å². The van der Waals surface area contributed by atoms with Gasteiger partial charge in [0.15, 0.2) is 16.6 Å². The van der Waals surface area contributed by atoms with Gasteiger partial charge in [-0.1, -0.05) is 16.9 Å². The molecule has 8 nitrogen and oxygen atoms in total. The van der Waals surface area contributed by atoms with Crippen LogP contribution in [0.25, 0.3) is 5.65 Å². The topological polar surface area (TPSA) is 98.2 Å². The minimum atomic E-state index is -4.48. The molecule has 3 rings (SSSR count). The van der Waals surface area contributed by atoms with E-state index in [2.05, 4.69) is 25.7 Å². The van der Waals surface area contributed by atoms with E-state index >= 15 is 0 Å². The number of nitrogens with zero attached hydrogens (tertiary/aromatic N) is 5. The van der Waals surface area contributed by atoms with Crippen molar-refractivity contribution in [3.8, 4) is 0 Å². The molecule has 3 heterocycles. The van der Waals surface area contributed by atoms with E-state index in [1.165, 1.54) is 10.5 Å². The van der Waals surface area contributed by atoms with Crippen LogP contribution in [0, 0.1) is 6.92 Å². The lowest BCUT2D eigenvalue weighted by atomic mass is 10.3. The highest BCUT2D eigenvalue weighted by Crippen LogP contribution is 2.30. The number of amides is 1. The molecule has 0 aliphatic rings. The molecule has 0 unspecified atom stereocenters. The fourth-order valence-electron chi connectivity index (χ4n) is 1.77. The second-order valence-corrected chi connectivity index (χ2v) is 5.55. The third kappa shape index (κ3) is 3.48. The summed E-state index contributed by atoms with van der Waals surface area (Å²) in [6.07, 6.45) is -3.59. The van der Waals surface area contributed by atoms with E-state index in [0.717, 1.165) is 24.0 Å². The molecule has 0 aromatic carbocycles. The van der Waals surface area contributed by atoms with Crippen LogP contribution in [0.2, 0.25) is 0 Å². The smallest absolute Gasteiger partial charge is 0.315 e. The maximum Gasteiger partial charge on any atom is 0.417 e. The summed E-state index contributed by atoms with van der Waals surface area (Å²) in [5, 5.41) is 13.6. The summed E-state index contributed by atoms with van der Waals surface area (Å²) in [5.41, 5.74) is -0.583. The second-order valence-electron chi connectivity index (χ2n) is 4.61. The second kappa shape index (κ2) is 6.11. The minimum Gasteiger partial charge on any atom is -0.315 e. The maximum atomic E-state index is 12.8. The van der Waals surface area contributed by atoms with Gasteiger partial charge in [-0.05, 0) is 19.1 Å². The normalized spacial score (nSPS) is 11.8. The fraction of sp³-hybridized carbons (Fsp3) is 0.250. The number of rotatable bonds is 4.